The Kier molecular flexibility index (Phi) is 5.92. The van der Waals surface area contributed by atoms with Crippen LogP contribution in [0.4, 0.5) is 4.79 Å². The molecule has 1 unspecified atom stereocenters. The van der Waals surface area contributed by atoms with Gasteiger partial charge in [0.25, 0.3) is 0 Å². The van der Waals surface area contributed by atoms with Crippen molar-refractivity contribution in [3.05, 3.63) is 58.3 Å². The molecule has 1 aromatic heterocycles. The number of thiophene rings is 1. The Morgan fingerprint density at radius 2 is 1.96 bits per heavy atom. The van der Waals surface area contributed by atoms with Crippen molar-refractivity contribution >= 4 is 23.3 Å². The summed E-state index contributed by atoms with van der Waals surface area (Å²) in [5.74, 6) is -0.00263. The third-order valence-electron chi connectivity index (χ3n) is 5.39. The predicted octanol–water partition coefficient (Wildman–Crippen LogP) is 2.98. The maximum absolute atomic E-state index is 12.9. The number of hydrogen-bond acceptors (Lipinski definition) is 5. The van der Waals surface area contributed by atoms with E-state index in [0.29, 0.717) is 13.2 Å². The van der Waals surface area contributed by atoms with Crippen LogP contribution in [0, 0.1) is 0 Å². The fourth-order valence-electron chi connectivity index (χ4n) is 3.84. The van der Waals surface area contributed by atoms with Crippen LogP contribution in [0.15, 0.2) is 47.2 Å². The molecule has 6 nitrogen and oxygen atoms in total. The van der Waals surface area contributed by atoms with Gasteiger partial charge in [-0.05, 0) is 34.4 Å². The van der Waals surface area contributed by atoms with Gasteiger partial charge in [0, 0.05) is 32.7 Å². The molecule has 1 aromatic carbocycles. The Hall–Kier alpha value is -2.38. The molecule has 4 rings (SSSR count). The summed E-state index contributed by atoms with van der Waals surface area (Å²) in [5.41, 5.74) is 2.33. The zero-order valence-corrected chi connectivity index (χ0v) is 16.6. The largest absolute Gasteiger partial charge is 0.447 e. The molecule has 2 saturated heterocycles. The number of benzene rings is 1. The molecule has 1 atom stereocenters. The molecule has 0 bridgehead atoms. The Balaban J connectivity index is 1.35. The zero-order valence-electron chi connectivity index (χ0n) is 15.8. The van der Waals surface area contributed by atoms with E-state index in [1.165, 1.54) is 5.56 Å². The zero-order chi connectivity index (χ0) is 19.3. The molecule has 2 aliphatic heterocycles. The van der Waals surface area contributed by atoms with E-state index in [9.17, 15) is 9.59 Å². The smallest absolute Gasteiger partial charge is 0.410 e. The van der Waals surface area contributed by atoms with E-state index in [-0.39, 0.29) is 18.5 Å². The fourth-order valence-corrected chi connectivity index (χ4v) is 4.50. The molecule has 2 amide bonds. The normalized spacial score (nSPS) is 20.9. The standard InChI is InChI=1S/C21H25N3O3S/c25-20(14-24-19(15-27-21(24)26)18-5-2-1-3-6-18)23-9-4-8-22(10-11-23)13-17-7-12-28-16-17/h1-3,5-7,12,16,19H,4,8-11,13-15H2. The van der Waals surface area contributed by atoms with Gasteiger partial charge in [0.05, 0.1) is 6.04 Å². The minimum Gasteiger partial charge on any atom is -0.447 e. The quantitative estimate of drug-likeness (QED) is 0.776. The molecule has 148 valence electrons. The van der Waals surface area contributed by atoms with E-state index in [1.807, 2.05) is 35.2 Å². The molecule has 2 aliphatic rings. The molecule has 2 aromatic rings. The lowest BCUT2D eigenvalue weighted by molar-refractivity contribution is -0.131. The number of ether oxygens (including phenoxy) is 1. The Morgan fingerprint density at radius 3 is 2.75 bits per heavy atom. The van der Waals surface area contributed by atoms with E-state index >= 15 is 0 Å². The number of cyclic esters (lactones) is 1. The van der Waals surface area contributed by atoms with Gasteiger partial charge in [0.1, 0.15) is 13.2 Å². The second kappa shape index (κ2) is 8.75. The highest BCUT2D eigenvalue weighted by atomic mass is 32.1. The summed E-state index contributed by atoms with van der Waals surface area (Å²) in [6.45, 7) is 4.57. The van der Waals surface area contributed by atoms with Crippen LogP contribution in [-0.4, -0.2) is 66.0 Å². The number of amides is 2. The van der Waals surface area contributed by atoms with Crippen LogP contribution < -0.4 is 0 Å². The van der Waals surface area contributed by atoms with Crippen molar-refractivity contribution in [2.24, 2.45) is 0 Å². The second-order valence-electron chi connectivity index (χ2n) is 7.27. The maximum Gasteiger partial charge on any atom is 0.410 e. The second-order valence-corrected chi connectivity index (χ2v) is 8.05. The van der Waals surface area contributed by atoms with Crippen molar-refractivity contribution in [3.63, 3.8) is 0 Å². The van der Waals surface area contributed by atoms with Crippen LogP contribution in [0.5, 0.6) is 0 Å². The molecule has 0 N–H and O–H groups in total. The number of carbonyl (C=O) groups excluding carboxylic acids is 2. The number of nitrogens with zero attached hydrogens (tertiary/aromatic N) is 3. The minimum atomic E-state index is -0.406. The summed E-state index contributed by atoms with van der Waals surface area (Å²) in [6.07, 6.45) is 0.540. The van der Waals surface area contributed by atoms with Gasteiger partial charge in [0.15, 0.2) is 0 Å². The van der Waals surface area contributed by atoms with Crippen molar-refractivity contribution in [3.8, 4) is 0 Å². The lowest BCUT2D eigenvalue weighted by Gasteiger charge is -2.26. The highest BCUT2D eigenvalue weighted by molar-refractivity contribution is 7.07. The van der Waals surface area contributed by atoms with E-state index < -0.39 is 6.09 Å². The van der Waals surface area contributed by atoms with Crippen LogP contribution in [0.25, 0.3) is 0 Å². The minimum absolute atomic E-state index is 0.00263. The van der Waals surface area contributed by atoms with E-state index in [0.717, 1.165) is 38.2 Å². The first kappa shape index (κ1) is 19.0. The predicted molar refractivity (Wildman–Crippen MR) is 108 cm³/mol. The summed E-state index contributed by atoms with van der Waals surface area (Å²) in [4.78, 5) is 31.0. The van der Waals surface area contributed by atoms with Crippen molar-refractivity contribution in [2.45, 2.75) is 19.0 Å². The molecule has 28 heavy (non-hydrogen) atoms. The average Bonchev–Trinajstić information content (AvgIpc) is 3.27. The molecule has 7 heteroatoms. The van der Waals surface area contributed by atoms with E-state index in [1.54, 1.807) is 16.2 Å². The van der Waals surface area contributed by atoms with Crippen molar-refractivity contribution in [1.29, 1.82) is 0 Å². The van der Waals surface area contributed by atoms with Gasteiger partial charge in [0.2, 0.25) is 5.91 Å². The van der Waals surface area contributed by atoms with Crippen molar-refractivity contribution in [2.75, 3.05) is 39.3 Å². The summed E-state index contributed by atoms with van der Waals surface area (Å²) in [7, 11) is 0. The van der Waals surface area contributed by atoms with Crippen LogP contribution in [0.3, 0.4) is 0 Å². The average molecular weight is 400 g/mol. The lowest BCUT2D eigenvalue weighted by Crippen LogP contribution is -2.43. The topological polar surface area (TPSA) is 53.1 Å². The van der Waals surface area contributed by atoms with Crippen LogP contribution in [0.1, 0.15) is 23.6 Å². The van der Waals surface area contributed by atoms with Gasteiger partial charge in [-0.2, -0.15) is 11.3 Å². The summed E-state index contributed by atoms with van der Waals surface area (Å²) in [6, 6.07) is 11.7. The summed E-state index contributed by atoms with van der Waals surface area (Å²) >= 11 is 1.71. The van der Waals surface area contributed by atoms with Gasteiger partial charge in [-0.3, -0.25) is 14.6 Å². The van der Waals surface area contributed by atoms with Gasteiger partial charge in [-0.25, -0.2) is 4.79 Å². The Bertz CT molecular complexity index is 796. The molecule has 0 radical (unpaired) electrons. The first-order valence-electron chi connectivity index (χ1n) is 9.70. The molecule has 2 fully saturated rings. The molecule has 0 saturated carbocycles. The number of hydrogen-bond donors (Lipinski definition) is 0. The number of rotatable bonds is 5. The van der Waals surface area contributed by atoms with Crippen LogP contribution in [-0.2, 0) is 16.1 Å². The van der Waals surface area contributed by atoms with Crippen molar-refractivity contribution in [1.82, 2.24) is 14.7 Å². The molecule has 0 spiro atoms. The summed E-state index contributed by atoms with van der Waals surface area (Å²) < 4.78 is 5.23. The third-order valence-corrected chi connectivity index (χ3v) is 6.12. The highest BCUT2D eigenvalue weighted by Crippen LogP contribution is 2.27. The fraction of sp³-hybridized carbons (Fsp3) is 0.429. The van der Waals surface area contributed by atoms with Gasteiger partial charge >= 0.3 is 6.09 Å². The highest BCUT2D eigenvalue weighted by Gasteiger charge is 2.36. The van der Waals surface area contributed by atoms with E-state index in [4.69, 9.17) is 4.74 Å². The molecular formula is C21H25N3O3S. The third kappa shape index (κ3) is 4.36. The SMILES string of the molecule is O=C(CN1C(=O)OCC1c1ccccc1)N1CCCN(Cc2ccsc2)CC1. The van der Waals surface area contributed by atoms with Gasteiger partial charge in [-0.1, -0.05) is 30.3 Å². The summed E-state index contributed by atoms with van der Waals surface area (Å²) in [5, 5.41) is 4.28. The first-order chi connectivity index (χ1) is 13.7. The molecule has 0 aliphatic carbocycles. The molecular weight excluding hydrogens is 374 g/mol. The maximum atomic E-state index is 12.9. The van der Waals surface area contributed by atoms with Gasteiger partial charge in [-0.15, -0.1) is 0 Å². The van der Waals surface area contributed by atoms with Crippen molar-refractivity contribution < 1.29 is 14.3 Å². The molecule has 3 heterocycles. The monoisotopic (exact) mass is 399 g/mol. The first-order valence-corrected chi connectivity index (χ1v) is 10.6. The van der Waals surface area contributed by atoms with E-state index in [2.05, 4.69) is 21.7 Å². The number of carbonyl (C=O) groups is 2. The lowest BCUT2D eigenvalue weighted by atomic mass is 10.1. The Labute approximate surface area is 169 Å². The Morgan fingerprint density at radius 1 is 1.11 bits per heavy atom. The van der Waals surface area contributed by atoms with Crippen LogP contribution in [0.2, 0.25) is 0 Å². The van der Waals surface area contributed by atoms with Crippen LogP contribution >= 0.6 is 11.3 Å². The van der Waals surface area contributed by atoms with Gasteiger partial charge < -0.3 is 9.64 Å².